The molecule has 0 aliphatic heterocycles. The van der Waals surface area contributed by atoms with Crippen LogP contribution in [-0.4, -0.2) is 4.86 Å². The Bertz CT molecular complexity index is 82.2. The Balaban J connectivity index is 3.56. The molecule has 1 heteroatoms. The van der Waals surface area contributed by atoms with E-state index < -0.39 is 0 Å². The van der Waals surface area contributed by atoms with Crippen LogP contribution in [0, 0.1) is 5.92 Å². The van der Waals surface area contributed by atoms with Gasteiger partial charge in [-0.3, -0.25) is 0 Å². The van der Waals surface area contributed by atoms with Gasteiger partial charge in [0.05, 0.1) is 0 Å². The van der Waals surface area contributed by atoms with Gasteiger partial charge in [0.25, 0.3) is 0 Å². The molecule has 0 radical (unpaired) electrons. The molecule has 0 aliphatic carbocycles. The predicted molar refractivity (Wildman–Crippen MR) is 37.6 cm³/mol. The second-order valence-electron chi connectivity index (χ2n) is 1.76. The third-order valence-electron chi connectivity index (χ3n) is 0.770. The Morgan fingerprint density at radius 3 is 2.14 bits per heavy atom. The second kappa shape index (κ2) is 2.92. The molecule has 0 bridgehead atoms. The van der Waals surface area contributed by atoms with Gasteiger partial charge in [-0.05, 0) is 5.92 Å². The van der Waals surface area contributed by atoms with Crippen molar-refractivity contribution in [2.24, 2.45) is 5.92 Å². The fourth-order valence-electron chi connectivity index (χ4n) is 0.236. The first kappa shape index (κ1) is 6.83. The minimum Gasteiger partial charge on any atom is -0.0980 e. The fraction of sp³-hybridized carbons (Fsp3) is 0.500. The molecule has 0 atom stereocenters. The standard InChI is InChI=1S/C6H10S/c1-4-6(7)5(2)3/h4-5H,1H2,2-3H3. The van der Waals surface area contributed by atoms with Gasteiger partial charge in [-0.2, -0.15) is 0 Å². The molecule has 0 aromatic rings. The lowest BCUT2D eigenvalue weighted by Crippen LogP contribution is -1.97. The summed E-state index contributed by atoms with van der Waals surface area (Å²) in [5.41, 5.74) is 0. The van der Waals surface area contributed by atoms with Crippen LogP contribution < -0.4 is 0 Å². The summed E-state index contributed by atoms with van der Waals surface area (Å²) < 4.78 is 0. The van der Waals surface area contributed by atoms with E-state index in [1.165, 1.54) is 0 Å². The Morgan fingerprint density at radius 2 is 2.14 bits per heavy atom. The van der Waals surface area contributed by atoms with Crippen LogP contribution in [0.15, 0.2) is 12.7 Å². The molecule has 0 heterocycles. The Kier molecular flexibility index (Phi) is 2.84. The molecule has 0 aliphatic rings. The molecule has 0 saturated carbocycles. The zero-order valence-electron chi connectivity index (χ0n) is 4.77. The van der Waals surface area contributed by atoms with Crippen LogP contribution in [0.3, 0.4) is 0 Å². The lowest BCUT2D eigenvalue weighted by atomic mass is 10.1. The van der Waals surface area contributed by atoms with E-state index in [0.29, 0.717) is 5.92 Å². The van der Waals surface area contributed by atoms with Crippen molar-refractivity contribution in [1.82, 2.24) is 0 Å². The fourth-order valence-corrected chi connectivity index (χ4v) is 0.236. The van der Waals surface area contributed by atoms with Crippen LogP contribution in [0.2, 0.25) is 0 Å². The molecule has 0 aromatic heterocycles. The summed E-state index contributed by atoms with van der Waals surface area (Å²) in [5.74, 6) is 0.479. The van der Waals surface area contributed by atoms with E-state index in [4.69, 9.17) is 12.2 Å². The van der Waals surface area contributed by atoms with Crippen LogP contribution >= 0.6 is 12.2 Å². The van der Waals surface area contributed by atoms with Crippen LogP contribution in [0.1, 0.15) is 13.8 Å². The van der Waals surface area contributed by atoms with E-state index in [9.17, 15) is 0 Å². The van der Waals surface area contributed by atoms with Gasteiger partial charge in [-0.1, -0.05) is 38.7 Å². The van der Waals surface area contributed by atoms with E-state index in [2.05, 4.69) is 20.4 Å². The zero-order chi connectivity index (χ0) is 5.86. The number of hydrogen-bond acceptors (Lipinski definition) is 1. The average Bonchev–Trinajstić information content (AvgIpc) is 1.65. The molecule has 0 unspecified atom stereocenters. The molecule has 0 amide bonds. The minimum absolute atomic E-state index is 0.479. The van der Waals surface area contributed by atoms with Crippen molar-refractivity contribution in [3.63, 3.8) is 0 Å². The molecular weight excluding hydrogens is 104 g/mol. The van der Waals surface area contributed by atoms with Crippen LogP contribution in [0.25, 0.3) is 0 Å². The van der Waals surface area contributed by atoms with E-state index in [0.717, 1.165) is 4.86 Å². The molecule has 0 aromatic carbocycles. The van der Waals surface area contributed by atoms with Crippen molar-refractivity contribution in [3.8, 4) is 0 Å². The zero-order valence-corrected chi connectivity index (χ0v) is 5.59. The maximum Gasteiger partial charge on any atom is 0.0171 e. The highest BCUT2D eigenvalue weighted by Gasteiger charge is 1.93. The number of rotatable bonds is 2. The van der Waals surface area contributed by atoms with Gasteiger partial charge in [0.15, 0.2) is 0 Å². The quantitative estimate of drug-likeness (QED) is 0.392. The van der Waals surface area contributed by atoms with Gasteiger partial charge in [-0.15, -0.1) is 0 Å². The lowest BCUT2D eigenvalue weighted by molar-refractivity contribution is 0.906. The summed E-state index contributed by atoms with van der Waals surface area (Å²) in [6, 6.07) is 0. The van der Waals surface area contributed by atoms with E-state index >= 15 is 0 Å². The molecular formula is C6H10S. The van der Waals surface area contributed by atoms with Crippen molar-refractivity contribution >= 4 is 17.1 Å². The first-order valence-electron chi connectivity index (χ1n) is 2.34. The van der Waals surface area contributed by atoms with Crippen molar-refractivity contribution in [2.45, 2.75) is 13.8 Å². The SMILES string of the molecule is C=CC(=S)C(C)C. The normalized spacial score (nSPS) is 9.00. The first-order chi connectivity index (χ1) is 3.18. The number of hydrogen-bond donors (Lipinski definition) is 0. The smallest absolute Gasteiger partial charge is 0.0171 e. The summed E-state index contributed by atoms with van der Waals surface area (Å²) in [4.78, 5) is 0.944. The Labute approximate surface area is 50.2 Å². The largest absolute Gasteiger partial charge is 0.0980 e. The molecule has 0 rings (SSSR count). The first-order valence-corrected chi connectivity index (χ1v) is 2.75. The molecule has 40 valence electrons. The van der Waals surface area contributed by atoms with Gasteiger partial charge in [-0.25, -0.2) is 0 Å². The second-order valence-corrected chi connectivity index (χ2v) is 2.23. The number of allylic oxidation sites excluding steroid dienone is 1. The third kappa shape index (κ3) is 2.52. The van der Waals surface area contributed by atoms with Gasteiger partial charge >= 0.3 is 0 Å². The van der Waals surface area contributed by atoms with Crippen molar-refractivity contribution in [2.75, 3.05) is 0 Å². The average molecular weight is 114 g/mol. The van der Waals surface area contributed by atoms with E-state index in [1.54, 1.807) is 6.08 Å². The maximum atomic E-state index is 4.86. The van der Waals surface area contributed by atoms with Gasteiger partial charge in [0.2, 0.25) is 0 Å². The minimum atomic E-state index is 0.479. The van der Waals surface area contributed by atoms with Gasteiger partial charge in [0.1, 0.15) is 0 Å². The summed E-state index contributed by atoms with van der Waals surface area (Å²) in [7, 11) is 0. The molecule has 0 nitrogen and oxygen atoms in total. The van der Waals surface area contributed by atoms with E-state index in [-0.39, 0.29) is 0 Å². The van der Waals surface area contributed by atoms with Gasteiger partial charge < -0.3 is 0 Å². The monoisotopic (exact) mass is 114 g/mol. The van der Waals surface area contributed by atoms with Crippen LogP contribution in [0.5, 0.6) is 0 Å². The Hall–Kier alpha value is -0.170. The van der Waals surface area contributed by atoms with Crippen molar-refractivity contribution < 1.29 is 0 Å². The highest BCUT2D eigenvalue weighted by Crippen LogP contribution is 1.95. The third-order valence-corrected chi connectivity index (χ3v) is 1.41. The van der Waals surface area contributed by atoms with Crippen molar-refractivity contribution in [1.29, 1.82) is 0 Å². The molecule has 0 fully saturated rings. The van der Waals surface area contributed by atoms with Gasteiger partial charge in [0, 0.05) is 4.86 Å². The molecule has 0 spiro atoms. The summed E-state index contributed by atoms with van der Waals surface area (Å²) in [6.07, 6.45) is 1.72. The van der Waals surface area contributed by atoms with Crippen LogP contribution in [-0.2, 0) is 0 Å². The Morgan fingerprint density at radius 1 is 1.71 bits per heavy atom. The highest BCUT2D eigenvalue weighted by molar-refractivity contribution is 7.80. The molecule has 0 N–H and O–H groups in total. The highest BCUT2D eigenvalue weighted by atomic mass is 32.1. The predicted octanol–water partition coefficient (Wildman–Crippen LogP) is 2.20. The topological polar surface area (TPSA) is 0 Å². The lowest BCUT2D eigenvalue weighted by Gasteiger charge is -1.96. The van der Waals surface area contributed by atoms with E-state index in [1.807, 2.05) is 0 Å². The maximum absolute atomic E-state index is 4.86. The summed E-state index contributed by atoms with van der Waals surface area (Å²) in [6.45, 7) is 7.66. The summed E-state index contributed by atoms with van der Waals surface area (Å²) in [5, 5.41) is 0. The summed E-state index contributed by atoms with van der Waals surface area (Å²) >= 11 is 4.86. The molecule has 7 heavy (non-hydrogen) atoms. The number of thiocarbonyl (C=S) groups is 1. The molecule has 0 saturated heterocycles. The van der Waals surface area contributed by atoms with Crippen LogP contribution in [0.4, 0.5) is 0 Å². The van der Waals surface area contributed by atoms with Crippen molar-refractivity contribution in [3.05, 3.63) is 12.7 Å².